The minimum atomic E-state index is -0.610. The van der Waals surface area contributed by atoms with E-state index in [1.807, 2.05) is 0 Å². The second-order valence-corrected chi connectivity index (χ2v) is 7.34. The van der Waals surface area contributed by atoms with Gasteiger partial charge < -0.3 is 14.4 Å². The van der Waals surface area contributed by atoms with Crippen molar-refractivity contribution in [3.63, 3.8) is 0 Å². The van der Waals surface area contributed by atoms with Gasteiger partial charge in [0.15, 0.2) is 0 Å². The third kappa shape index (κ3) is 5.18. The van der Waals surface area contributed by atoms with Gasteiger partial charge in [-0.25, -0.2) is 4.79 Å². The predicted molar refractivity (Wildman–Crippen MR) is 94.3 cm³/mol. The fourth-order valence-electron chi connectivity index (χ4n) is 2.85. The zero-order valence-corrected chi connectivity index (χ0v) is 15.5. The molecular weight excluding hydrogens is 340 g/mol. The SMILES string of the molecule is COc1cc(CC2CN(C(=O)OC(C)(C)C)CCC2=O)cc([N+](=O)[O-])c1. The van der Waals surface area contributed by atoms with Crippen LogP contribution in [0.1, 0.15) is 32.8 Å². The number of amides is 1. The van der Waals surface area contributed by atoms with Crippen LogP contribution in [0.5, 0.6) is 5.75 Å². The molecule has 26 heavy (non-hydrogen) atoms. The molecule has 0 spiro atoms. The van der Waals surface area contributed by atoms with Crippen molar-refractivity contribution < 1.29 is 24.0 Å². The molecule has 0 bridgehead atoms. The van der Waals surface area contributed by atoms with Gasteiger partial charge in [0.05, 0.1) is 18.1 Å². The van der Waals surface area contributed by atoms with Crippen LogP contribution in [-0.2, 0) is 16.0 Å². The molecule has 1 aliphatic heterocycles. The normalized spacial score (nSPS) is 17.8. The number of non-ortho nitro benzene ring substituents is 1. The van der Waals surface area contributed by atoms with Gasteiger partial charge in [0.2, 0.25) is 0 Å². The number of hydrogen-bond acceptors (Lipinski definition) is 6. The number of methoxy groups -OCH3 is 1. The summed E-state index contributed by atoms with van der Waals surface area (Å²) in [4.78, 5) is 36.6. The minimum absolute atomic E-state index is 0.0373. The Morgan fingerprint density at radius 1 is 1.35 bits per heavy atom. The Balaban J connectivity index is 2.14. The van der Waals surface area contributed by atoms with Crippen LogP contribution in [0.3, 0.4) is 0 Å². The van der Waals surface area contributed by atoms with E-state index in [1.165, 1.54) is 24.1 Å². The smallest absolute Gasteiger partial charge is 0.410 e. The molecule has 142 valence electrons. The summed E-state index contributed by atoms with van der Waals surface area (Å²) in [6, 6.07) is 4.44. The van der Waals surface area contributed by atoms with Crippen molar-refractivity contribution >= 4 is 17.6 Å². The average Bonchev–Trinajstić information content (AvgIpc) is 2.54. The standard InChI is InChI=1S/C18H24N2O6/c1-18(2,3)26-17(22)19-6-5-16(21)13(11-19)7-12-8-14(20(23)24)10-15(9-12)25-4/h8-10,13H,5-7,11H2,1-4H3. The summed E-state index contributed by atoms with van der Waals surface area (Å²) in [7, 11) is 1.43. The van der Waals surface area contributed by atoms with Gasteiger partial charge in [-0.3, -0.25) is 14.9 Å². The molecule has 2 rings (SSSR count). The number of nitro groups is 1. The molecule has 1 atom stereocenters. The van der Waals surface area contributed by atoms with Gasteiger partial charge in [-0.2, -0.15) is 0 Å². The third-order valence-electron chi connectivity index (χ3n) is 4.06. The van der Waals surface area contributed by atoms with E-state index in [1.54, 1.807) is 26.8 Å². The number of likely N-dealkylation sites (tertiary alicyclic amines) is 1. The quantitative estimate of drug-likeness (QED) is 0.601. The maximum absolute atomic E-state index is 12.3. The number of Topliss-reactive ketones (excluding diaryl/α,β-unsaturated/α-hetero) is 1. The minimum Gasteiger partial charge on any atom is -0.496 e. The van der Waals surface area contributed by atoms with Gasteiger partial charge in [0.25, 0.3) is 5.69 Å². The van der Waals surface area contributed by atoms with Crippen LogP contribution in [0.2, 0.25) is 0 Å². The summed E-state index contributed by atoms with van der Waals surface area (Å²) in [6.07, 6.45) is 0.0956. The van der Waals surface area contributed by atoms with E-state index >= 15 is 0 Å². The first-order chi connectivity index (χ1) is 12.1. The van der Waals surface area contributed by atoms with Gasteiger partial charge in [0.1, 0.15) is 17.1 Å². The van der Waals surface area contributed by atoms with Crippen molar-refractivity contribution in [3.8, 4) is 5.75 Å². The van der Waals surface area contributed by atoms with Crippen LogP contribution < -0.4 is 4.74 Å². The Hall–Kier alpha value is -2.64. The first-order valence-electron chi connectivity index (χ1n) is 8.42. The van der Waals surface area contributed by atoms with E-state index in [9.17, 15) is 19.7 Å². The first-order valence-corrected chi connectivity index (χ1v) is 8.42. The second-order valence-electron chi connectivity index (χ2n) is 7.34. The monoisotopic (exact) mass is 364 g/mol. The van der Waals surface area contributed by atoms with Crippen molar-refractivity contribution in [2.24, 2.45) is 5.92 Å². The zero-order chi connectivity index (χ0) is 19.5. The number of nitro benzene ring substituents is 1. The summed E-state index contributed by atoms with van der Waals surface area (Å²) in [5.41, 5.74) is -0.0754. The summed E-state index contributed by atoms with van der Waals surface area (Å²) >= 11 is 0. The van der Waals surface area contributed by atoms with E-state index in [2.05, 4.69) is 0 Å². The molecule has 1 aliphatic rings. The number of nitrogens with zero attached hydrogens (tertiary/aromatic N) is 2. The van der Waals surface area contributed by atoms with E-state index in [-0.39, 0.29) is 24.4 Å². The van der Waals surface area contributed by atoms with Gasteiger partial charge in [-0.1, -0.05) is 0 Å². The van der Waals surface area contributed by atoms with Crippen molar-refractivity contribution in [2.45, 2.75) is 39.2 Å². The largest absolute Gasteiger partial charge is 0.496 e. The van der Waals surface area contributed by atoms with Crippen LogP contribution in [0, 0.1) is 16.0 Å². The number of piperidine rings is 1. The zero-order valence-electron chi connectivity index (χ0n) is 15.5. The summed E-state index contributed by atoms with van der Waals surface area (Å²) < 4.78 is 10.5. The Labute approximate surface area is 152 Å². The third-order valence-corrected chi connectivity index (χ3v) is 4.06. The molecule has 0 aliphatic carbocycles. The predicted octanol–water partition coefficient (Wildman–Crippen LogP) is 2.97. The Morgan fingerprint density at radius 2 is 2.04 bits per heavy atom. The molecule has 1 amide bonds. The highest BCUT2D eigenvalue weighted by Crippen LogP contribution is 2.26. The highest BCUT2D eigenvalue weighted by atomic mass is 16.6. The summed E-state index contributed by atoms with van der Waals surface area (Å²) in [5, 5.41) is 11.1. The molecule has 0 aromatic heterocycles. The van der Waals surface area contributed by atoms with Crippen molar-refractivity contribution in [2.75, 3.05) is 20.2 Å². The summed E-state index contributed by atoms with van der Waals surface area (Å²) in [5.74, 6) is -0.0280. The molecule has 1 heterocycles. The maximum atomic E-state index is 12.3. The van der Waals surface area contributed by atoms with Gasteiger partial charge >= 0.3 is 6.09 Å². The van der Waals surface area contributed by atoms with Crippen LogP contribution in [0.15, 0.2) is 18.2 Å². The number of carbonyl (C=O) groups excluding carboxylic acids is 2. The first kappa shape index (κ1) is 19.7. The van der Waals surface area contributed by atoms with Crippen LogP contribution in [0.25, 0.3) is 0 Å². The number of rotatable bonds is 4. The van der Waals surface area contributed by atoms with Gasteiger partial charge in [-0.15, -0.1) is 0 Å². The number of hydrogen-bond donors (Lipinski definition) is 0. The molecule has 1 aromatic rings. The Morgan fingerprint density at radius 3 is 2.62 bits per heavy atom. The number of carbonyl (C=O) groups is 2. The average molecular weight is 364 g/mol. The lowest BCUT2D eigenvalue weighted by atomic mass is 9.90. The molecule has 1 aromatic carbocycles. The van der Waals surface area contributed by atoms with E-state index in [0.29, 0.717) is 24.3 Å². The molecule has 1 saturated heterocycles. The van der Waals surface area contributed by atoms with Gasteiger partial charge in [-0.05, 0) is 38.8 Å². The summed E-state index contributed by atoms with van der Waals surface area (Å²) in [6.45, 7) is 5.91. The molecule has 0 N–H and O–H groups in total. The Kier molecular flexibility index (Phi) is 5.84. The van der Waals surface area contributed by atoms with Crippen LogP contribution in [0.4, 0.5) is 10.5 Å². The lowest BCUT2D eigenvalue weighted by Crippen LogP contribution is -2.46. The molecule has 1 unspecified atom stereocenters. The Bertz CT molecular complexity index is 710. The number of ketones is 1. The molecule has 0 radical (unpaired) electrons. The topological polar surface area (TPSA) is 99.0 Å². The van der Waals surface area contributed by atoms with E-state index in [0.717, 1.165) is 0 Å². The van der Waals surface area contributed by atoms with E-state index in [4.69, 9.17) is 9.47 Å². The lowest BCUT2D eigenvalue weighted by molar-refractivity contribution is -0.385. The highest BCUT2D eigenvalue weighted by molar-refractivity contribution is 5.84. The fourth-order valence-corrected chi connectivity index (χ4v) is 2.85. The molecule has 8 nitrogen and oxygen atoms in total. The maximum Gasteiger partial charge on any atom is 0.410 e. The number of benzene rings is 1. The molecule has 8 heteroatoms. The van der Waals surface area contributed by atoms with Crippen molar-refractivity contribution in [1.29, 1.82) is 0 Å². The van der Waals surface area contributed by atoms with Crippen LogP contribution in [-0.4, -0.2) is 47.5 Å². The van der Waals surface area contributed by atoms with Crippen molar-refractivity contribution in [3.05, 3.63) is 33.9 Å². The molecule has 0 saturated carbocycles. The van der Waals surface area contributed by atoms with Crippen LogP contribution >= 0.6 is 0 Å². The van der Waals surface area contributed by atoms with Gasteiger partial charge in [0, 0.05) is 31.5 Å². The molecule has 1 fully saturated rings. The highest BCUT2D eigenvalue weighted by Gasteiger charge is 2.32. The lowest BCUT2D eigenvalue weighted by Gasteiger charge is -2.33. The van der Waals surface area contributed by atoms with E-state index < -0.39 is 22.5 Å². The molecular formula is C18H24N2O6. The number of ether oxygens (including phenoxy) is 2. The second kappa shape index (κ2) is 7.72. The fraction of sp³-hybridized carbons (Fsp3) is 0.556. The van der Waals surface area contributed by atoms with Crippen molar-refractivity contribution in [1.82, 2.24) is 4.90 Å².